The zero-order valence-electron chi connectivity index (χ0n) is 20.6. The van der Waals surface area contributed by atoms with Crippen LogP contribution in [0.15, 0.2) is 72.8 Å². The molecule has 3 aromatic rings. The third kappa shape index (κ3) is 7.50. The van der Waals surface area contributed by atoms with E-state index in [-0.39, 0.29) is 30.8 Å². The molecule has 0 saturated heterocycles. The summed E-state index contributed by atoms with van der Waals surface area (Å²) in [4.78, 5) is 29.4. The zero-order valence-corrected chi connectivity index (χ0v) is 22.9. The number of nitrogens with one attached hydrogen (secondary N) is 1. The quantitative estimate of drug-likeness (QED) is 0.301. The number of benzene rings is 3. The van der Waals surface area contributed by atoms with E-state index in [9.17, 15) is 9.59 Å². The van der Waals surface area contributed by atoms with Gasteiger partial charge in [-0.15, -0.1) is 0 Å². The first-order valence-corrected chi connectivity index (χ1v) is 13.9. The van der Waals surface area contributed by atoms with Crippen LogP contribution in [0.25, 0.3) is 0 Å². The minimum atomic E-state index is -0.744. The Morgan fingerprint density at radius 2 is 1.43 bits per heavy atom. The van der Waals surface area contributed by atoms with Crippen molar-refractivity contribution in [1.82, 2.24) is 10.2 Å². The van der Waals surface area contributed by atoms with Crippen LogP contribution in [0.3, 0.4) is 0 Å². The Balaban J connectivity index is 1.70. The molecular weight excluding hydrogens is 527 g/mol. The smallest absolute Gasteiger partial charge is 0.243 e. The van der Waals surface area contributed by atoms with E-state index in [1.807, 2.05) is 48.5 Å². The van der Waals surface area contributed by atoms with Gasteiger partial charge in [-0.2, -0.15) is 0 Å². The van der Waals surface area contributed by atoms with Crippen LogP contribution in [0, 0.1) is 0 Å². The highest BCUT2D eigenvalue weighted by Crippen LogP contribution is 2.28. The fourth-order valence-corrected chi connectivity index (χ4v) is 5.58. The van der Waals surface area contributed by atoms with Crippen LogP contribution in [0.1, 0.15) is 48.8 Å². The molecule has 194 valence electrons. The molecule has 0 aromatic heterocycles. The van der Waals surface area contributed by atoms with Gasteiger partial charge in [0.1, 0.15) is 6.04 Å². The number of rotatable bonds is 9. The Bertz CT molecular complexity index is 1190. The summed E-state index contributed by atoms with van der Waals surface area (Å²) in [6.07, 6.45) is 5.71. The van der Waals surface area contributed by atoms with Gasteiger partial charge in [0.05, 0.1) is 6.42 Å². The second-order valence-electron chi connectivity index (χ2n) is 9.54. The van der Waals surface area contributed by atoms with Gasteiger partial charge in [-0.05, 0) is 42.2 Å². The molecule has 0 bridgehead atoms. The van der Waals surface area contributed by atoms with Gasteiger partial charge < -0.3 is 10.2 Å². The van der Waals surface area contributed by atoms with Gasteiger partial charge in [0, 0.05) is 39.6 Å². The maximum absolute atomic E-state index is 13.9. The Kier molecular flexibility index (Phi) is 9.90. The lowest BCUT2D eigenvalue weighted by atomic mass is 9.94. The normalized spacial score (nSPS) is 14.7. The minimum absolute atomic E-state index is 0.0593. The highest BCUT2D eigenvalue weighted by atomic mass is 35.5. The van der Waals surface area contributed by atoms with E-state index < -0.39 is 6.04 Å². The molecule has 37 heavy (non-hydrogen) atoms. The standard InChI is InChI=1S/C30H31Cl3N2O2/c31-25-15-8-7-12-22(25)19-29(36)35(20-24-26(32)16-9-17-27(24)33)28(18-21-10-3-1-4-11-21)30(37)34-23-13-5-2-6-14-23/h1,3-4,7-12,15-17,23,28H,2,5-6,13-14,18-20H2,(H,34,37)/t28-/m1/s1. The fourth-order valence-electron chi connectivity index (χ4n) is 4.86. The van der Waals surface area contributed by atoms with Gasteiger partial charge in [-0.3, -0.25) is 9.59 Å². The number of carbonyl (C=O) groups is 2. The Morgan fingerprint density at radius 1 is 0.811 bits per heavy atom. The maximum atomic E-state index is 13.9. The molecule has 3 aromatic carbocycles. The van der Waals surface area contributed by atoms with Gasteiger partial charge in [0.15, 0.2) is 0 Å². The van der Waals surface area contributed by atoms with Crippen LogP contribution >= 0.6 is 34.8 Å². The summed E-state index contributed by atoms with van der Waals surface area (Å²) in [5, 5.41) is 4.66. The lowest BCUT2D eigenvalue weighted by molar-refractivity contribution is -0.141. The average Bonchev–Trinajstić information content (AvgIpc) is 2.90. The Hall–Kier alpha value is -2.53. The molecule has 0 heterocycles. The number of halogens is 3. The van der Waals surface area contributed by atoms with Gasteiger partial charge in [-0.25, -0.2) is 0 Å². The molecule has 0 spiro atoms. The average molecular weight is 558 g/mol. The molecule has 4 rings (SSSR count). The van der Waals surface area contributed by atoms with E-state index >= 15 is 0 Å². The van der Waals surface area contributed by atoms with Crippen LogP contribution in [-0.4, -0.2) is 28.8 Å². The first-order chi connectivity index (χ1) is 17.9. The predicted octanol–water partition coefficient (Wildman–Crippen LogP) is 7.28. The van der Waals surface area contributed by atoms with Crippen molar-refractivity contribution in [2.24, 2.45) is 0 Å². The summed E-state index contributed by atoms with van der Waals surface area (Å²) in [7, 11) is 0. The summed E-state index contributed by atoms with van der Waals surface area (Å²) in [6.45, 7) is 0.109. The third-order valence-electron chi connectivity index (χ3n) is 6.91. The lowest BCUT2D eigenvalue weighted by Crippen LogP contribution is -2.53. The molecule has 1 fully saturated rings. The molecule has 1 saturated carbocycles. The monoisotopic (exact) mass is 556 g/mol. The van der Waals surface area contributed by atoms with Gasteiger partial charge in [0.25, 0.3) is 0 Å². The molecule has 2 amide bonds. The van der Waals surface area contributed by atoms with Crippen molar-refractivity contribution < 1.29 is 9.59 Å². The van der Waals surface area contributed by atoms with Crippen molar-refractivity contribution in [3.63, 3.8) is 0 Å². The van der Waals surface area contributed by atoms with Crippen LogP contribution in [0.4, 0.5) is 0 Å². The first-order valence-electron chi connectivity index (χ1n) is 12.7. The summed E-state index contributed by atoms with van der Waals surface area (Å²) in [5.41, 5.74) is 2.28. The van der Waals surface area contributed by atoms with Crippen LogP contribution in [-0.2, 0) is 29.0 Å². The number of hydrogen-bond acceptors (Lipinski definition) is 2. The van der Waals surface area contributed by atoms with E-state index in [0.717, 1.165) is 31.2 Å². The Labute approximate surface area is 233 Å². The number of amides is 2. The van der Waals surface area contributed by atoms with Crippen molar-refractivity contribution in [2.45, 2.75) is 63.6 Å². The minimum Gasteiger partial charge on any atom is -0.352 e. The van der Waals surface area contributed by atoms with E-state index in [4.69, 9.17) is 34.8 Å². The number of hydrogen-bond donors (Lipinski definition) is 1. The molecule has 0 unspecified atom stereocenters. The topological polar surface area (TPSA) is 49.4 Å². The van der Waals surface area contributed by atoms with E-state index in [0.29, 0.717) is 32.6 Å². The second-order valence-corrected chi connectivity index (χ2v) is 10.8. The van der Waals surface area contributed by atoms with Crippen molar-refractivity contribution in [2.75, 3.05) is 0 Å². The predicted molar refractivity (Wildman–Crippen MR) is 151 cm³/mol. The number of carbonyl (C=O) groups excluding carboxylic acids is 2. The van der Waals surface area contributed by atoms with Gasteiger partial charge in [-0.1, -0.05) is 109 Å². The third-order valence-corrected chi connectivity index (χ3v) is 7.99. The van der Waals surface area contributed by atoms with Crippen molar-refractivity contribution in [1.29, 1.82) is 0 Å². The molecule has 4 nitrogen and oxygen atoms in total. The van der Waals surface area contributed by atoms with E-state index in [2.05, 4.69) is 5.32 Å². The van der Waals surface area contributed by atoms with Crippen molar-refractivity contribution in [3.8, 4) is 0 Å². The molecule has 1 aliphatic carbocycles. The molecule has 1 aliphatic rings. The molecule has 0 radical (unpaired) electrons. The molecule has 1 N–H and O–H groups in total. The molecule has 7 heteroatoms. The van der Waals surface area contributed by atoms with Gasteiger partial charge >= 0.3 is 0 Å². The van der Waals surface area contributed by atoms with Gasteiger partial charge in [0.2, 0.25) is 11.8 Å². The SMILES string of the molecule is O=C(NC1CCCCC1)[C@@H](Cc1ccccc1)N(Cc1c(Cl)cccc1Cl)C(=O)Cc1ccccc1Cl. The highest BCUT2D eigenvalue weighted by molar-refractivity contribution is 6.36. The van der Waals surface area contributed by atoms with Crippen molar-refractivity contribution in [3.05, 3.63) is 105 Å². The molecular formula is C30H31Cl3N2O2. The highest BCUT2D eigenvalue weighted by Gasteiger charge is 2.33. The number of nitrogens with zero attached hydrogens (tertiary/aromatic N) is 1. The lowest BCUT2D eigenvalue weighted by Gasteiger charge is -2.34. The maximum Gasteiger partial charge on any atom is 0.243 e. The first kappa shape index (κ1) is 27.5. The van der Waals surface area contributed by atoms with E-state index in [1.54, 1.807) is 29.2 Å². The Morgan fingerprint density at radius 3 is 2.11 bits per heavy atom. The summed E-state index contributed by atoms with van der Waals surface area (Å²) >= 11 is 19.4. The summed E-state index contributed by atoms with van der Waals surface area (Å²) in [5.74, 6) is -0.379. The summed E-state index contributed by atoms with van der Waals surface area (Å²) < 4.78 is 0. The molecule has 1 atom stereocenters. The molecule has 0 aliphatic heterocycles. The zero-order chi connectivity index (χ0) is 26.2. The van der Waals surface area contributed by atoms with Crippen LogP contribution in [0.2, 0.25) is 15.1 Å². The summed E-state index contributed by atoms with van der Waals surface area (Å²) in [6, 6.07) is 21.6. The second kappa shape index (κ2) is 13.3. The van der Waals surface area contributed by atoms with E-state index in [1.165, 1.54) is 6.42 Å². The van der Waals surface area contributed by atoms with Crippen molar-refractivity contribution >= 4 is 46.6 Å². The largest absolute Gasteiger partial charge is 0.352 e. The fraction of sp³-hybridized carbons (Fsp3) is 0.333. The van der Waals surface area contributed by atoms with Crippen LogP contribution in [0.5, 0.6) is 0 Å². The van der Waals surface area contributed by atoms with Crippen LogP contribution < -0.4 is 5.32 Å².